The number of hydrogen-bond acceptors (Lipinski definition) is 3. The molecule has 0 bridgehead atoms. The van der Waals surface area contributed by atoms with E-state index >= 15 is 0 Å². The van der Waals surface area contributed by atoms with Gasteiger partial charge in [-0.25, -0.2) is 4.79 Å². The standard InChI is InChI=1S/C7H12O4/c1-10-6(7(8)9)5-3-2-4-11-5/h5-6H,2-4H2,1H3,(H,8,9). The highest BCUT2D eigenvalue weighted by atomic mass is 16.6. The fraction of sp³-hybridized carbons (Fsp3) is 0.857. The monoisotopic (exact) mass is 160 g/mol. The molecule has 1 aliphatic heterocycles. The van der Waals surface area contributed by atoms with Crippen LogP contribution in [0.2, 0.25) is 0 Å². The van der Waals surface area contributed by atoms with Gasteiger partial charge in [-0.1, -0.05) is 0 Å². The molecule has 0 amide bonds. The predicted octanol–water partition coefficient (Wildman–Crippen LogP) is 0.265. The van der Waals surface area contributed by atoms with E-state index in [2.05, 4.69) is 0 Å². The summed E-state index contributed by atoms with van der Waals surface area (Å²) in [6.07, 6.45) is 0.665. The summed E-state index contributed by atoms with van der Waals surface area (Å²) < 4.78 is 9.93. The van der Waals surface area contributed by atoms with Crippen molar-refractivity contribution in [1.29, 1.82) is 0 Å². The molecule has 1 N–H and O–H groups in total. The fourth-order valence-corrected chi connectivity index (χ4v) is 1.25. The van der Waals surface area contributed by atoms with Crippen LogP contribution in [0.3, 0.4) is 0 Å². The van der Waals surface area contributed by atoms with Gasteiger partial charge in [-0.3, -0.25) is 0 Å². The molecular weight excluding hydrogens is 148 g/mol. The highest BCUT2D eigenvalue weighted by molar-refractivity contribution is 5.73. The molecule has 2 unspecified atom stereocenters. The van der Waals surface area contributed by atoms with Gasteiger partial charge in [0, 0.05) is 13.7 Å². The van der Waals surface area contributed by atoms with E-state index in [1.807, 2.05) is 0 Å². The Labute approximate surface area is 65.1 Å². The first-order valence-electron chi connectivity index (χ1n) is 3.63. The third kappa shape index (κ3) is 1.91. The van der Waals surface area contributed by atoms with E-state index in [0.29, 0.717) is 6.61 Å². The molecule has 1 rings (SSSR count). The highest BCUT2D eigenvalue weighted by Crippen LogP contribution is 2.17. The van der Waals surface area contributed by atoms with Crippen LogP contribution in [0.1, 0.15) is 12.8 Å². The zero-order valence-electron chi connectivity index (χ0n) is 6.45. The number of carboxylic acids is 1. The van der Waals surface area contributed by atoms with Crippen molar-refractivity contribution in [3.05, 3.63) is 0 Å². The number of aliphatic carboxylic acids is 1. The van der Waals surface area contributed by atoms with E-state index in [0.717, 1.165) is 12.8 Å². The molecule has 0 aromatic carbocycles. The molecule has 4 heteroatoms. The van der Waals surface area contributed by atoms with Gasteiger partial charge < -0.3 is 14.6 Å². The van der Waals surface area contributed by atoms with Gasteiger partial charge in [-0.15, -0.1) is 0 Å². The van der Waals surface area contributed by atoms with Crippen LogP contribution in [-0.2, 0) is 14.3 Å². The van der Waals surface area contributed by atoms with E-state index in [-0.39, 0.29) is 6.10 Å². The summed E-state index contributed by atoms with van der Waals surface area (Å²) in [4.78, 5) is 10.5. The molecule has 1 heterocycles. The molecule has 4 nitrogen and oxygen atoms in total. The normalized spacial score (nSPS) is 26.8. The van der Waals surface area contributed by atoms with Gasteiger partial charge in [0.1, 0.15) is 0 Å². The fourth-order valence-electron chi connectivity index (χ4n) is 1.25. The Hall–Kier alpha value is -0.610. The summed E-state index contributed by atoms with van der Waals surface area (Å²) >= 11 is 0. The summed E-state index contributed by atoms with van der Waals surface area (Å²) in [6, 6.07) is 0. The number of carbonyl (C=O) groups is 1. The largest absolute Gasteiger partial charge is 0.479 e. The molecule has 2 atom stereocenters. The zero-order valence-corrected chi connectivity index (χ0v) is 6.45. The van der Waals surface area contributed by atoms with Crippen molar-refractivity contribution >= 4 is 5.97 Å². The van der Waals surface area contributed by atoms with Crippen LogP contribution >= 0.6 is 0 Å². The van der Waals surface area contributed by atoms with Gasteiger partial charge in [0.25, 0.3) is 0 Å². The minimum Gasteiger partial charge on any atom is -0.479 e. The third-order valence-corrected chi connectivity index (χ3v) is 1.80. The molecule has 0 saturated carbocycles. The molecule has 0 aliphatic carbocycles. The van der Waals surface area contributed by atoms with Crippen molar-refractivity contribution < 1.29 is 19.4 Å². The van der Waals surface area contributed by atoms with Gasteiger partial charge >= 0.3 is 5.97 Å². The predicted molar refractivity (Wildman–Crippen MR) is 37.4 cm³/mol. The van der Waals surface area contributed by atoms with Crippen molar-refractivity contribution in [1.82, 2.24) is 0 Å². The van der Waals surface area contributed by atoms with Crippen LogP contribution < -0.4 is 0 Å². The summed E-state index contributed by atoms with van der Waals surface area (Å²) in [5.74, 6) is -0.945. The minimum atomic E-state index is -0.945. The highest BCUT2D eigenvalue weighted by Gasteiger charge is 2.31. The van der Waals surface area contributed by atoms with Crippen LogP contribution in [-0.4, -0.2) is 37.0 Å². The molecule has 0 aromatic heterocycles. The second kappa shape index (κ2) is 3.69. The van der Waals surface area contributed by atoms with Crippen molar-refractivity contribution in [2.75, 3.05) is 13.7 Å². The Morgan fingerprint density at radius 1 is 1.82 bits per heavy atom. The number of methoxy groups -OCH3 is 1. The maximum Gasteiger partial charge on any atom is 0.335 e. The molecule has 1 saturated heterocycles. The number of hydrogen-bond donors (Lipinski definition) is 1. The Balaban J connectivity index is 2.46. The maximum absolute atomic E-state index is 10.5. The average Bonchev–Trinajstić information content (AvgIpc) is 2.40. The summed E-state index contributed by atoms with van der Waals surface area (Å²) in [5.41, 5.74) is 0. The molecule has 0 spiro atoms. The first kappa shape index (κ1) is 8.49. The summed E-state index contributed by atoms with van der Waals surface area (Å²) in [7, 11) is 1.39. The first-order valence-corrected chi connectivity index (χ1v) is 3.63. The maximum atomic E-state index is 10.5. The van der Waals surface area contributed by atoms with Gasteiger partial charge in [-0.05, 0) is 12.8 Å². The zero-order chi connectivity index (χ0) is 8.27. The lowest BCUT2D eigenvalue weighted by atomic mass is 10.1. The van der Waals surface area contributed by atoms with Gasteiger partial charge in [0.2, 0.25) is 0 Å². The van der Waals surface area contributed by atoms with Crippen molar-refractivity contribution in [3.8, 4) is 0 Å². The summed E-state index contributed by atoms with van der Waals surface area (Å²) in [5, 5.41) is 8.63. The van der Waals surface area contributed by atoms with Crippen LogP contribution in [0.15, 0.2) is 0 Å². The van der Waals surface area contributed by atoms with Crippen molar-refractivity contribution in [2.45, 2.75) is 25.0 Å². The average molecular weight is 160 g/mol. The lowest BCUT2D eigenvalue weighted by molar-refractivity contribution is -0.156. The minimum absolute atomic E-state index is 0.252. The van der Waals surface area contributed by atoms with Crippen LogP contribution in [0, 0.1) is 0 Å². The number of carboxylic acid groups (broad SMARTS) is 1. The lowest BCUT2D eigenvalue weighted by Gasteiger charge is -2.16. The van der Waals surface area contributed by atoms with Crippen LogP contribution in [0.4, 0.5) is 0 Å². The SMILES string of the molecule is COC(C(=O)O)C1CCCO1. The smallest absolute Gasteiger partial charge is 0.335 e. The summed E-state index contributed by atoms with van der Waals surface area (Å²) in [6.45, 7) is 0.651. The van der Waals surface area contributed by atoms with Gasteiger partial charge in [-0.2, -0.15) is 0 Å². The van der Waals surface area contributed by atoms with Crippen LogP contribution in [0.25, 0.3) is 0 Å². The van der Waals surface area contributed by atoms with Gasteiger partial charge in [0.05, 0.1) is 6.10 Å². The number of rotatable bonds is 3. The van der Waals surface area contributed by atoms with E-state index in [1.165, 1.54) is 7.11 Å². The molecule has 0 radical (unpaired) electrons. The second-order valence-electron chi connectivity index (χ2n) is 2.55. The third-order valence-electron chi connectivity index (χ3n) is 1.80. The van der Waals surface area contributed by atoms with Crippen molar-refractivity contribution in [2.24, 2.45) is 0 Å². The molecular formula is C7H12O4. The Morgan fingerprint density at radius 3 is 2.91 bits per heavy atom. The second-order valence-corrected chi connectivity index (χ2v) is 2.55. The number of ether oxygens (including phenoxy) is 2. The quantitative estimate of drug-likeness (QED) is 0.643. The van der Waals surface area contributed by atoms with E-state index < -0.39 is 12.1 Å². The van der Waals surface area contributed by atoms with E-state index in [4.69, 9.17) is 14.6 Å². The lowest BCUT2D eigenvalue weighted by Crippen LogP contribution is -2.35. The van der Waals surface area contributed by atoms with E-state index in [1.54, 1.807) is 0 Å². The van der Waals surface area contributed by atoms with Crippen molar-refractivity contribution in [3.63, 3.8) is 0 Å². The van der Waals surface area contributed by atoms with E-state index in [9.17, 15) is 4.79 Å². The molecule has 11 heavy (non-hydrogen) atoms. The molecule has 1 fully saturated rings. The molecule has 1 aliphatic rings. The Kier molecular flexibility index (Phi) is 2.84. The molecule has 64 valence electrons. The van der Waals surface area contributed by atoms with Gasteiger partial charge in [0.15, 0.2) is 6.10 Å². The Bertz CT molecular complexity index is 139. The first-order chi connectivity index (χ1) is 5.25. The Morgan fingerprint density at radius 2 is 2.55 bits per heavy atom. The molecule has 0 aromatic rings. The van der Waals surface area contributed by atoms with Crippen LogP contribution in [0.5, 0.6) is 0 Å². The topological polar surface area (TPSA) is 55.8 Å².